The molecule has 2 unspecified atom stereocenters. The highest BCUT2D eigenvalue weighted by Gasteiger charge is 2.44. The monoisotopic (exact) mass is 337 g/mol. The minimum atomic E-state index is -1.10. The Bertz CT molecular complexity index is 713. The molecule has 9 nitrogen and oxygen atoms in total. The van der Waals surface area contributed by atoms with Gasteiger partial charge in [-0.05, 0) is 20.8 Å². The Morgan fingerprint density at radius 1 is 1.25 bits per heavy atom. The number of hydrogen-bond donors (Lipinski definition) is 3. The Hall–Kier alpha value is -1.81. The molecular formula is C15H23N5O4. The van der Waals surface area contributed by atoms with Gasteiger partial charge in [-0.2, -0.15) is 0 Å². The number of anilines is 1. The molecule has 3 rings (SSSR count). The Morgan fingerprint density at radius 2 is 2.00 bits per heavy atom. The van der Waals surface area contributed by atoms with Crippen molar-refractivity contribution in [1.82, 2.24) is 19.5 Å². The van der Waals surface area contributed by atoms with Crippen molar-refractivity contribution < 1.29 is 19.7 Å². The summed E-state index contributed by atoms with van der Waals surface area (Å²) in [7, 11) is 1.51. The molecule has 1 aliphatic rings. The Labute approximate surface area is 139 Å². The van der Waals surface area contributed by atoms with E-state index in [2.05, 4.69) is 20.3 Å². The average Bonchev–Trinajstić information content (AvgIpc) is 3.03. The van der Waals surface area contributed by atoms with Crippen LogP contribution in [0.4, 0.5) is 5.82 Å². The van der Waals surface area contributed by atoms with E-state index in [0.29, 0.717) is 17.0 Å². The second kappa shape index (κ2) is 6.25. The highest BCUT2D eigenvalue weighted by Crippen LogP contribution is 2.32. The van der Waals surface area contributed by atoms with Gasteiger partial charge >= 0.3 is 0 Å². The summed E-state index contributed by atoms with van der Waals surface area (Å²) in [5.41, 5.74) is 0.910. The van der Waals surface area contributed by atoms with E-state index in [1.54, 1.807) is 4.57 Å². The van der Waals surface area contributed by atoms with Crippen LogP contribution in [-0.4, -0.2) is 67.3 Å². The third-order valence-electron chi connectivity index (χ3n) is 3.79. The fourth-order valence-corrected chi connectivity index (χ4v) is 2.75. The van der Waals surface area contributed by atoms with Gasteiger partial charge in [-0.15, -0.1) is 0 Å². The van der Waals surface area contributed by atoms with Crippen molar-refractivity contribution >= 4 is 17.0 Å². The first-order valence-electron chi connectivity index (χ1n) is 7.78. The van der Waals surface area contributed by atoms with Crippen LogP contribution in [-0.2, 0) is 9.47 Å². The third kappa shape index (κ3) is 3.07. The number of fused-ring (bicyclic) bond motifs is 1. The van der Waals surface area contributed by atoms with E-state index in [1.807, 2.05) is 20.8 Å². The molecule has 2 aromatic heterocycles. The van der Waals surface area contributed by atoms with E-state index in [9.17, 15) is 10.2 Å². The van der Waals surface area contributed by atoms with E-state index in [-0.39, 0.29) is 12.1 Å². The molecule has 1 fully saturated rings. The maximum Gasteiger partial charge on any atom is 0.167 e. The van der Waals surface area contributed by atoms with Crippen LogP contribution in [0.15, 0.2) is 12.7 Å². The minimum absolute atomic E-state index is 0.186. The van der Waals surface area contributed by atoms with Crippen LogP contribution >= 0.6 is 0 Å². The summed E-state index contributed by atoms with van der Waals surface area (Å²) in [4.78, 5) is 12.8. The van der Waals surface area contributed by atoms with Gasteiger partial charge in [-0.1, -0.05) is 0 Å². The van der Waals surface area contributed by atoms with Crippen LogP contribution in [0, 0.1) is 0 Å². The molecule has 3 N–H and O–H groups in total. The first-order chi connectivity index (χ1) is 11.3. The molecule has 0 bridgehead atoms. The van der Waals surface area contributed by atoms with Gasteiger partial charge in [0.15, 0.2) is 23.2 Å². The minimum Gasteiger partial charge on any atom is -0.387 e. The predicted molar refractivity (Wildman–Crippen MR) is 86.5 cm³/mol. The van der Waals surface area contributed by atoms with Crippen LogP contribution in [0.3, 0.4) is 0 Å². The van der Waals surface area contributed by atoms with E-state index >= 15 is 0 Å². The summed E-state index contributed by atoms with van der Waals surface area (Å²) in [5.74, 6) is 0.604. The fourth-order valence-electron chi connectivity index (χ4n) is 2.75. The molecule has 0 radical (unpaired) electrons. The zero-order chi connectivity index (χ0) is 17.5. The third-order valence-corrected chi connectivity index (χ3v) is 3.79. The summed E-state index contributed by atoms with van der Waals surface area (Å²) in [6.45, 7) is 6.25. The molecule has 1 aliphatic heterocycles. The number of aliphatic hydroxyl groups is 2. The van der Waals surface area contributed by atoms with Gasteiger partial charge in [0, 0.05) is 12.6 Å². The number of aliphatic hydroxyl groups excluding tert-OH is 2. The van der Waals surface area contributed by atoms with Crippen molar-refractivity contribution in [2.24, 2.45) is 0 Å². The second-order valence-electron chi connectivity index (χ2n) is 6.92. The first-order valence-corrected chi connectivity index (χ1v) is 7.78. The summed E-state index contributed by atoms with van der Waals surface area (Å²) in [5, 5.41) is 23.7. The van der Waals surface area contributed by atoms with Gasteiger partial charge in [-0.3, -0.25) is 4.57 Å². The average molecular weight is 337 g/mol. The highest BCUT2D eigenvalue weighted by molar-refractivity contribution is 5.83. The lowest BCUT2D eigenvalue weighted by Crippen LogP contribution is -2.33. The number of hydrogen-bond acceptors (Lipinski definition) is 8. The molecule has 1 saturated heterocycles. The van der Waals surface area contributed by atoms with Gasteiger partial charge < -0.3 is 25.0 Å². The molecule has 132 valence electrons. The predicted octanol–water partition coefficient (Wildman–Crippen LogP) is 0.302. The largest absolute Gasteiger partial charge is 0.387 e. The van der Waals surface area contributed by atoms with Crippen molar-refractivity contribution in [3.05, 3.63) is 12.7 Å². The molecule has 24 heavy (non-hydrogen) atoms. The van der Waals surface area contributed by atoms with Crippen LogP contribution in [0.25, 0.3) is 11.2 Å². The Morgan fingerprint density at radius 3 is 2.67 bits per heavy atom. The summed E-state index contributed by atoms with van der Waals surface area (Å²) >= 11 is 0. The number of rotatable bonds is 4. The zero-order valence-electron chi connectivity index (χ0n) is 14.2. The number of nitrogens with one attached hydrogen (secondary N) is 1. The van der Waals surface area contributed by atoms with Crippen molar-refractivity contribution in [2.45, 2.75) is 50.8 Å². The van der Waals surface area contributed by atoms with Gasteiger partial charge in [0.1, 0.15) is 24.6 Å². The molecule has 0 saturated carbocycles. The molecule has 0 aromatic carbocycles. The lowest BCUT2D eigenvalue weighted by molar-refractivity contribution is -0.0580. The van der Waals surface area contributed by atoms with Crippen molar-refractivity contribution in [2.75, 3.05) is 19.0 Å². The fraction of sp³-hybridized carbons (Fsp3) is 0.667. The summed E-state index contributed by atoms with van der Waals surface area (Å²) in [6, 6.07) is 0. The molecule has 0 aliphatic carbocycles. The van der Waals surface area contributed by atoms with E-state index in [0.717, 1.165) is 0 Å². The van der Waals surface area contributed by atoms with Gasteiger partial charge in [0.25, 0.3) is 0 Å². The molecule has 2 aromatic rings. The van der Waals surface area contributed by atoms with Gasteiger partial charge in [-0.25, -0.2) is 15.0 Å². The summed E-state index contributed by atoms with van der Waals surface area (Å²) < 4.78 is 12.4. The molecule has 3 heterocycles. The molecule has 4 atom stereocenters. The van der Waals surface area contributed by atoms with Gasteiger partial charge in [0.2, 0.25) is 0 Å². The standard InChI is InChI=1S/C15H23N5O4/c1-15(2,3)19-12-9-13(17-6-16-12)20(7-18-9)14-11(22)10(21)8(24-14)5-23-4/h6-8,10-11,14,21-22H,5H2,1-4H3,(H,16,17,19)/t8-,10?,11?,14-/m1/s1. The molecule has 0 amide bonds. The van der Waals surface area contributed by atoms with Gasteiger partial charge in [0.05, 0.1) is 12.9 Å². The topological polar surface area (TPSA) is 115 Å². The number of ether oxygens (including phenoxy) is 2. The summed E-state index contributed by atoms with van der Waals surface area (Å²) in [6.07, 6.45) is -0.580. The SMILES string of the molecule is COC[C@H]1O[C@@H](n2cnc3c(NC(C)(C)C)ncnc32)C(O)C1O. The lowest BCUT2D eigenvalue weighted by Gasteiger charge is -2.21. The van der Waals surface area contributed by atoms with E-state index < -0.39 is 24.5 Å². The molecule has 0 spiro atoms. The van der Waals surface area contributed by atoms with Crippen molar-refractivity contribution in [3.63, 3.8) is 0 Å². The van der Waals surface area contributed by atoms with E-state index in [1.165, 1.54) is 19.8 Å². The molecule has 9 heteroatoms. The second-order valence-corrected chi connectivity index (χ2v) is 6.92. The number of imidazole rings is 1. The maximum atomic E-state index is 10.3. The van der Waals surface area contributed by atoms with E-state index in [4.69, 9.17) is 9.47 Å². The van der Waals surface area contributed by atoms with Crippen LogP contribution in [0.5, 0.6) is 0 Å². The molecular weight excluding hydrogens is 314 g/mol. The smallest absolute Gasteiger partial charge is 0.167 e. The Balaban J connectivity index is 1.95. The van der Waals surface area contributed by atoms with Crippen LogP contribution in [0.1, 0.15) is 27.0 Å². The van der Waals surface area contributed by atoms with Crippen molar-refractivity contribution in [3.8, 4) is 0 Å². The van der Waals surface area contributed by atoms with Crippen molar-refractivity contribution in [1.29, 1.82) is 0 Å². The number of methoxy groups -OCH3 is 1. The highest BCUT2D eigenvalue weighted by atomic mass is 16.6. The first kappa shape index (κ1) is 17.0. The normalized spacial score (nSPS) is 27.8. The van der Waals surface area contributed by atoms with Crippen LogP contribution < -0.4 is 5.32 Å². The van der Waals surface area contributed by atoms with Crippen LogP contribution in [0.2, 0.25) is 0 Å². The quantitative estimate of drug-likeness (QED) is 0.730. The number of nitrogens with zero attached hydrogens (tertiary/aromatic N) is 4. The number of aromatic nitrogens is 4. The Kier molecular flexibility index (Phi) is 4.43. The lowest BCUT2D eigenvalue weighted by atomic mass is 10.1. The maximum absolute atomic E-state index is 10.3. The zero-order valence-corrected chi connectivity index (χ0v) is 14.2.